The molecule has 0 aliphatic rings. The number of rotatable bonds is 1. The third-order valence-corrected chi connectivity index (χ3v) is 2.89. The lowest BCUT2D eigenvalue weighted by Gasteiger charge is -2.06. The van der Waals surface area contributed by atoms with E-state index in [0.29, 0.717) is 0 Å². The van der Waals surface area contributed by atoms with E-state index in [9.17, 15) is 0 Å². The Hall–Kier alpha value is -0.890. The SMILES string of the molecule is CCc1cccc2c(C)cc(Br)nc12. The molecular formula is C12H12BrN. The Morgan fingerprint density at radius 2 is 2.14 bits per heavy atom. The van der Waals surface area contributed by atoms with Crippen LogP contribution < -0.4 is 0 Å². The van der Waals surface area contributed by atoms with E-state index >= 15 is 0 Å². The lowest BCUT2D eigenvalue weighted by Crippen LogP contribution is -1.90. The van der Waals surface area contributed by atoms with Crippen molar-refractivity contribution < 1.29 is 0 Å². The van der Waals surface area contributed by atoms with Gasteiger partial charge < -0.3 is 0 Å². The summed E-state index contributed by atoms with van der Waals surface area (Å²) in [5, 5.41) is 1.26. The molecule has 0 unspecified atom stereocenters. The van der Waals surface area contributed by atoms with E-state index in [-0.39, 0.29) is 0 Å². The maximum Gasteiger partial charge on any atom is 0.107 e. The molecule has 0 aliphatic heterocycles. The van der Waals surface area contributed by atoms with Crippen molar-refractivity contribution in [2.24, 2.45) is 0 Å². The largest absolute Gasteiger partial charge is 0.241 e. The molecule has 2 heteroatoms. The van der Waals surface area contributed by atoms with Crippen molar-refractivity contribution in [2.75, 3.05) is 0 Å². The molecule has 0 aliphatic carbocycles. The predicted octanol–water partition coefficient (Wildman–Crippen LogP) is 3.87. The molecule has 0 bridgehead atoms. The molecule has 72 valence electrons. The van der Waals surface area contributed by atoms with Gasteiger partial charge >= 0.3 is 0 Å². The maximum atomic E-state index is 4.52. The fourth-order valence-electron chi connectivity index (χ4n) is 1.72. The van der Waals surface area contributed by atoms with Gasteiger partial charge in [0.25, 0.3) is 0 Å². The number of fused-ring (bicyclic) bond motifs is 1. The highest BCUT2D eigenvalue weighted by molar-refractivity contribution is 9.10. The summed E-state index contributed by atoms with van der Waals surface area (Å²) in [5.74, 6) is 0. The average molecular weight is 250 g/mol. The number of halogens is 1. The third-order valence-electron chi connectivity index (χ3n) is 2.48. The van der Waals surface area contributed by atoms with Crippen LogP contribution in [0.4, 0.5) is 0 Å². The molecular weight excluding hydrogens is 238 g/mol. The van der Waals surface area contributed by atoms with Gasteiger partial charge in [0, 0.05) is 5.39 Å². The quantitative estimate of drug-likeness (QED) is 0.700. The summed E-state index contributed by atoms with van der Waals surface area (Å²) in [4.78, 5) is 4.52. The van der Waals surface area contributed by atoms with Crippen molar-refractivity contribution in [1.29, 1.82) is 0 Å². The molecule has 2 aromatic rings. The Kier molecular flexibility index (Phi) is 2.55. The van der Waals surface area contributed by atoms with Crippen LogP contribution in [-0.4, -0.2) is 4.98 Å². The normalized spacial score (nSPS) is 10.8. The Balaban J connectivity index is 2.86. The first-order valence-corrected chi connectivity index (χ1v) is 5.56. The van der Waals surface area contributed by atoms with Gasteiger partial charge in [0.1, 0.15) is 4.60 Å². The van der Waals surface area contributed by atoms with Gasteiger partial charge in [-0.2, -0.15) is 0 Å². The van der Waals surface area contributed by atoms with Crippen molar-refractivity contribution in [3.8, 4) is 0 Å². The lowest BCUT2D eigenvalue weighted by molar-refractivity contribution is 1.14. The molecule has 1 nitrogen and oxygen atoms in total. The van der Waals surface area contributed by atoms with Crippen LogP contribution >= 0.6 is 15.9 Å². The fourth-order valence-corrected chi connectivity index (χ4v) is 2.24. The highest BCUT2D eigenvalue weighted by Crippen LogP contribution is 2.23. The average Bonchev–Trinajstić information content (AvgIpc) is 2.17. The Bertz CT molecular complexity index is 477. The first kappa shape index (κ1) is 9.66. The number of benzene rings is 1. The van der Waals surface area contributed by atoms with Crippen LogP contribution in [0.1, 0.15) is 18.1 Å². The summed E-state index contributed by atoms with van der Waals surface area (Å²) in [7, 11) is 0. The molecule has 1 heterocycles. The van der Waals surface area contributed by atoms with Gasteiger partial charge in [-0.05, 0) is 46.5 Å². The first-order valence-electron chi connectivity index (χ1n) is 4.77. The molecule has 14 heavy (non-hydrogen) atoms. The van der Waals surface area contributed by atoms with E-state index < -0.39 is 0 Å². The van der Waals surface area contributed by atoms with Crippen molar-refractivity contribution in [1.82, 2.24) is 4.98 Å². The third kappa shape index (κ3) is 1.55. The summed E-state index contributed by atoms with van der Waals surface area (Å²) < 4.78 is 0.920. The monoisotopic (exact) mass is 249 g/mol. The second-order valence-corrected chi connectivity index (χ2v) is 4.24. The zero-order chi connectivity index (χ0) is 10.1. The highest BCUT2D eigenvalue weighted by atomic mass is 79.9. The van der Waals surface area contributed by atoms with Gasteiger partial charge in [-0.15, -0.1) is 0 Å². The number of aromatic nitrogens is 1. The van der Waals surface area contributed by atoms with Crippen molar-refractivity contribution in [3.63, 3.8) is 0 Å². The van der Waals surface area contributed by atoms with Gasteiger partial charge in [0.2, 0.25) is 0 Å². The molecule has 1 aromatic heterocycles. The Morgan fingerprint density at radius 1 is 1.36 bits per heavy atom. The van der Waals surface area contributed by atoms with Gasteiger partial charge in [0.05, 0.1) is 5.52 Å². The van der Waals surface area contributed by atoms with Crippen LogP contribution in [0, 0.1) is 6.92 Å². The smallest absolute Gasteiger partial charge is 0.107 e. The molecule has 0 spiro atoms. The minimum atomic E-state index is 0.920. The molecule has 0 N–H and O–H groups in total. The summed E-state index contributed by atoms with van der Waals surface area (Å²) in [6, 6.07) is 8.43. The summed E-state index contributed by atoms with van der Waals surface area (Å²) in [6.45, 7) is 4.28. The van der Waals surface area contributed by atoms with Crippen LogP contribution in [0.15, 0.2) is 28.9 Å². The Labute approximate surface area is 92.3 Å². The number of nitrogens with zero attached hydrogens (tertiary/aromatic N) is 1. The summed E-state index contributed by atoms with van der Waals surface area (Å²) in [5.41, 5.74) is 3.71. The van der Waals surface area contributed by atoms with Crippen LogP contribution in [0.3, 0.4) is 0 Å². The van der Waals surface area contributed by atoms with Crippen LogP contribution in [0.5, 0.6) is 0 Å². The molecule has 0 amide bonds. The van der Waals surface area contributed by atoms with Crippen molar-refractivity contribution in [3.05, 3.63) is 40.0 Å². The molecule has 0 saturated heterocycles. The Morgan fingerprint density at radius 3 is 2.86 bits per heavy atom. The molecule has 0 atom stereocenters. The zero-order valence-electron chi connectivity index (χ0n) is 8.34. The number of para-hydroxylation sites is 1. The summed E-state index contributed by atoms with van der Waals surface area (Å²) in [6.07, 6.45) is 1.03. The van der Waals surface area contributed by atoms with Crippen molar-refractivity contribution >= 4 is 26.8 Å². The molecule has 1 aromatic carbocycles. The van der Waals surface area contributed by atoms with Crippen LogP contribution in [0.2, 0.25) is 0 Å². The second kappa shape index (κ2) is 3.70. The van der Waals surface area contributed by atoms with E-state index in [1.165, 1.54) is 16.5 Å². The van der Waals surface area contributed by atoms with Crippen LogP contribution in [0.25, 0.3) is 10.9 Å². The summed E-state index contributed by atoms with van der Waals surface area (Å²) >= 11 is 3.44. The van der Waals surface area contributed by atoms with Gasteiger partial charge in [-0.3, -0.25) is 0 Å². The molecule has 0 fully saturated rings. The van der Waals surface area contributed by atoms with Crippen LogP contribution in [-0.2, 0) is 6.42 Å². The topological polar surface area (TPSA) is 12.9 Å². The second-order valence-electron chi connectivity index (χ2n) is 3.43. The predicted molar refractivity (Wildman–Crippen MR) is 63.6 cm³/mol. The van der Waals surface area contributed by atoms with Gasteiger partial charge in [-0.1, -0.05) is 25.1 Å². The van der Waals surface area contributed by atoms with E-state index in [1.54, 1.807) is 0 Å². The number of pyridine rings is 1. The zero-order valence-corrected chi connectivity index (χ0v) is 9.93. The van der Waals surface area contributed by atoms with Crippen molar-refractivity contribution in [2.45, 2.75) is 20.3 Å². The van der Waals surface area contributed by atoms with E-state index in [4.69, 9.17) is 0 Å². The van der Waals surface area contributed by atoms with Gasteiger partial charge in [-0.25, -0.2) is 4.98 Å². The van der Waals surface area contributed by atoms with E-state index in [1.807, 2.05) is 0 Å². The van der Waals surface area contributed by atoms with E-state index in [2.05, 4.69) is 59.0 Å². The molecule has 0 saturated carbocycles. The van der Waals surface area contributed by atoms with Gasteiger partial charge in [0.15, 0.2) is 0 Å². The standard InChI is InChI=1S/C12H12BrN/c1-3-9-5-4-6-10-8(2)7-11(13)14-12(9)10/h4-7H,3H2,1-2H3. The van der Waals surface area contributed by atoms with E-state index in [0.717, 1.165) is 16.5 Å². The minimum Gasteiger partial charge on any atom is -0.241 e. The minimum absolute atomic E-state index is 0.920. The number of hydrogen-bond donors (Lipinski definition) is 0. The molecule has 2 rings (SSSR count). The first-order chi connectivity index (χ1) is 6.72. The number of hydrogen-bond acceptors (Lipinski definition) is 1. The number of aryl methyl sites for hydroxylation is 2. The highest BCUT2D eigenvalue weighted by Gasteiger charge is 2.04. The molecule has 0 radical (unpaired) electrons. The maximum absolute atomic E-state index is 4.52. The fraction of sp³-hybridized carbons (Fsp3) is 0.250. The lowest BCUT2D eigenvalue weighted by atomic mass is 10.0.